The van der Waals surface area contributed by atoms with Gasteiger partial charge in [0.05, 0.1) is 0 Å². The molecule has 1 heterocycles. The minimum Gasteiger partial charge on any atom is -0.264 e. The Labute approximate surface area is 323 Å². The Morgan fingerprint density at radius 3 is 1.12 bits per heavy atom. The molecule has 0 aliphatic heterocycles. The van der Waals surface area contributed by atoms with E-state index in [1.807, 2.05) is 18.5 Å². The van der Waals surface area contributed by atoms with E-state index >= 15 is 0 Å². The van der Waals surface area contributed by atoms with Crippen LogP contribution in [0.5, 0.6) is 0 Å². The molecule has 0 radical (unpaired) electrons. The molecule has 0 spiro atoms. The fourth-order valence-electron chi connectivity index (χ4n) is 9.63. The van der Waals surface area contributed by atoms with Crippen LogP contribution in [0.2, 0.25) is 0 Å². The summed E-state index contributed by atoms with van der Waals surface area (Å²) in [6.45, 7) is 0. The van der Waals surface area contributed by atoms with E-state index in [1.165, 1.54) is 114 Å². The van der Waals surface area contributed by atoms with Gasteiger partial charge in [-0.2, -0.15) is 0 Å². The third-order valence-corrected chi connectivity index (χ3v) is 12.1. The van der Waals surface area contributed by atoms with Gasteiger partial charge in [0.25, 0.3) is 0 Å². The average molecular weight is 708 g/mol. The zero-order valence-corrected chi connectivity index (χ0v) is 30.5. The molecule has 56 heavy (non-hydrogen) atoms. The second-order valence-corrected chi connectivity index (χ2v) is 15.0. The Morgan fingerprint density at radius 1 is 0.250 bits per heavy atom. The maximum Gasteiger partial charge on any atom is 0.0346 e. The van der Waals surface area contributed by atoms with Crippen LogP contribution in [-0.4, -0.2) is 4.98 Å². The van der Waals surface area contributed by atoms with E-state index in [2.05, 4.69) is 187 Å². The molecule has 1 heteroatoms. The molecule has 0 saturated carbocycles. The van der Waals surface area contributed by atoms with Crippen LogP contribution in [0.4, 0.5) is 0 Å². The highest BCUT2D eigenvalue weighted by Crippen LogP contribution is 2.50. The molecule has 0 bridgehead atoms. The summed E-state index contributed by atoms with van der Waals surface area (Å²) in [5.74, 6) is 0. The molecular formula is C55H33N. The highest BCUT2D eigenvalue weighted by atomic mass is 14.6. The van der Waals surface area contributed by atoms with Gasteiger partial charge < -0.3 is 0 Å². The molecule has 0 atom stereocenters. The normalized spacial score (nSPS) is 11.9. The Bertz CT molecular complexity index is 3580. The van der Waals surface area contributed by atoms with Gasteiger partial charge in [0, 0.05) is 18.0 Å². The zero-order valence-electron chi connectivity index (χ0n) is 30.5. The summed E-state index contributed by atoms with van der Waals surface area (Å²) in [7, 11) is 0. The minimum absolute atomic E-state index is 1.11. The van der Waals surface area contributed by atoms with Crippen LogP contribution in [-0.2, 0) is 0 Å². The summed E-state index contributed by atoms with van der Waals surface area (Å²) in [5.41, 5.74) is 7.33. The van der Waals surface area contributed by atoms with Crippen molar-refractivity contribution < 1.29 is 0 Å². The number of aromatic nitrogens is 1. The standard InChI is InChI=1S/C55H33N/c1-4-18-38-35(15-1)29-50(43-23-9-7-21-41(38)43)54-45-25-11-12-26-46(45)55(51-30-36-16-2-5-19-39(36)42-22-8-10-24-44(42)51)53-32-49-47(37-17-13-27-56-33-37)28-34-14-3-6-20-40(34)48(49)31-52(53)54/h1-33H. The van der Waals surface area contributed by atoms with Gasteiger partial charge in [0.2, 0.25) is 0 Å². The summed E-state index contributed by atoms with van der Waals surface area (Å²) >= 11 is 0. The van der Waals surface area contributed by atoms with Gasteiger partial charge in [-0.25, -0.2) is 0 Å². The summed E-state index contributed by atoms with van der Waals surface area (Å²) in [6.07, 6.45) is 3.86. The van der Waals surface area contributed by atoms with Crippen molar-refractivity contribution in [2.24, 2.45) is 0 Å². The lowest BCUT2D eigenvalue weighted by molar-refractivity contribution is 1.33. The van der Waals surface area contributed by atoms with Gasteiger partial charge in [-0.15, -0.1) is 0 Å². The van der Waals surface area contributed by atoms with Crippen molar-refractivity contribution in [1.82, 2.24) is 4.98 Å². The van der Waals surface area contributed by atoms with Crippen LogP contribution >= 0.6 is 0 Å². The lowest BCUT2D eigenvalue weighted by Gasteiger charge is -2.22. The molecule has 0 amide bonds. The zero-order chi connectivity index (χ0) is 36.7. The molecule has 0 aliphatic carbocycles. The van der Waals surface area contributed by atoms with Gasteiger partial charge in [-0.05, 0) is 150 Å². The summed E-state index contributed by atoms with van der Waals surface area (Å²) in [6, 6.07) is 69.9. The van der Waals surface area contributed by atoms with Crippen molar-refractivity contribution in [3.8, 4) is 33.4 Å². The number of benzene rings is 11. The smallest absolute Gasteiger partial charge is 0.0346 e. The molecule has 0 fully saturated rings. The second kappa shape index (κ2) is 12.1. The second-order valence-electron chi connectivity index (χ2n) is 15.0. The topological polar surface area (TPSA) is 12.9 Å². The fourth-order valence-corrected chi connectivity index (χ4v) is 9.63. The predicted molar refractivity (Wildman–Crippen MR) is 241 cm³/mol. The van der Waals surface area contributed by atoms with Gasteiger partial charge in [-0.3, -0.25) is 4.98 Å². The van der Waals surface area contributed by atoms with E-state index in [0.717, 1.165) is 5.56 Å². The third-order valence-electron chi connectivity index (χ3n) is 12.1. The van der Waals surface area contributed by atoms with Crippen molar-refractivity contribution in [3.63, 3.8) is 0 Å². The first-order valence-electron chi connectivity index (χ1n) is 19.4. The average Bonchev–Trinajstić information content (AvgIpc) is 3.27. The fraction of sp³-hybridized carbons (Fsp3) is 0. The summed E-state index contributed by atoms with van der Waals surface area (Å²) in [5, 5.41) is 20.0. The van der Waals surface area contributed by atoms with Crippen molar-refractivity contribution in [2.45, 2.75) is 0 Å². The molecule has 1 aromatic heterocycles. The van der Waals surface area contributed by atoms with Crippen molar-refractivity contribution >= 4 is 86.2 Å². The summed E-state index contributed by atoms with van der Waals surface area (Å²) in [4.78, 5) is 4.59. The molecule has 0 N–H and O–H groups in total. The van der Waals surface area contributed by atoms with Crippen molar-refractivity contribution in [2.75, 3.05) is 0 Å². The number of pyridine rings is 1. The van der Waals surface area contributed by atoms with Gasteiger partial charge in [0.1, 0.15) is 0 Å². The number of hydrogen-bond acceptors (Lipinski definition) is 1. The molecular weight excluding hydrogens is 675 g/mol. The Kier molecular flexibility index (Phi) is 6.70. The lowest BCUT2D eigenvalue weighted by Crippen LogP contribution is -1.95. The maximum absolute atomic E-state index is 4.59. The highest BCUT2D eigenvalue weighted by molar-refractivity contribution is 6.31. The highest BCUT2D eigenvalue weighted by Gasteiger charge is 2.23. The van der Waals surface area contributed by atoms with Gasteiger partial charge in [0.15, 0.2) is 0 Å². The number of rotatable bonds is 3. The number of nitrogens with zero attached hydrogens (tertiary/aromatic N) is 1. The van der Waals surface area contributed by atoms with Crippen LogP contribution in [0, 0.1) is 0 Å². The van der Waals surface area contributed by atoms with Gasteiger partial charge >= 0.3 is 0 Å². The van der Waals surface area contributed by atoms with E-state index in [0.29, 0.717) is 0 Å². The first-order chi connectivity index (χ1) is 27.8. The predicted octanol–water partition coefficient (Wildman–Crippen LogP) is 15.3. The van der Waals surface area contributed by atoms with Crippen LogP contribution in [0.25, 0.3) is 120 Å². The first-order valence-corrected chi connectivity index (χ1v) is 19.4. The Balaban J connectivity index is 1.35. The molecule has 12 aromatic rings. The maximum atomic E-state index is 4.59. The Hall–Kier alpha value is -7.35. The molecule has 258 valence electrons. The molecule has 11 aromatic carbocycles. The molecule has 0 saturated heterocycles. The minimum atomic E-state index is 1.11. The van der Waals surface area contributed by atoms with Crippen molar-refractivity contribution in [1.29, 1.82) is 0 Å². The molecule has 12 rings (SSSR count). The van der Waals surface area contributed by atoms with Crippen LogP contribution in [0.3, 0.4) is 0 Å². The van der Waals surface area contributed by atoms with Crippen molar-refractivity contribution in [3.05, 3.63) is 200 Å². The number of fused-ring (bicyclic) bond motifs is 11. The van der Waals surface area contributed by atoms with E-state index in [1.54, 1.807) is 0 Å². The quantitative estimate of drug-likeness (QED) is 0.132. The molecule has 0 unspecified atom stereocenters. The van der Waals surface area contributed by atoms with E-state index in [4.69, 9.17) is 0 Å². The van der Waals surface area contributed by atoms with Crippen LogP contribution < -0.4 is 0 Å². The molecule has 0 aliphatic rings. The van der Waals surface area contributed by atoms with E-state index in [9.17, 15) is 0 Å². The van der Waals surface area contributed by atoms with Gasteiger partial charge in [-0.1, -0.05) is 152 Å². The lowest BCUT2D eigenvalue weighted by atomic mass is 9.81. The monoisotopic (exact) mass is 707 g/mol. The molecule has 1 nitrogen and oxygen atoms in total. The SMILES string of the molecule is c1cncc(-c2cc3ccccc3c3cc4c(-c5cc6ccccc6c6ccccc56)c5ccccc5c(-c5cc6ccccc6c6ccccc56)c4cc23)c1. The van der Waals surface area contributed by atoms with E-state index < -0.39 is 0 Å². The largest absolute Gasteiger partial charge is 0.264 e. The summed E-state index contributed by atoms with van der Waals surface area (Å²) < 4.78 is 0. The third kappa shape index (κ3) is 4.52. The van der Waals surface area contributed by atoms with Crippen LogP contribution in [0.15, 0.2) is 200 Å². The van der Waals surface area contributed by atoms with Crippen LogP contribution in [0.1, 0.15) is 0 Å². The van der Waals surface area contributed by atoms with E-state index in [-0.39, 0.29) is 0 Å². The first kappa shape index (κ1) is 31.0. The Morgan fingerprint density at radius 2 is 0.643 bits per heavy atom. The number of hydrogen-bond donors (Lipinski definition) is 0.